The zero-order valence-corrected chi connectivity index (χ0v) is 12.2. The van der Waals surface area contributed by atoms with E-state index in [2.05, 4.69) is 11.9 Å². The Kier molecular flexibility index (Phi) is 4.91. The molecule has 0 radical (unpaired) electrons. The van der Waals surface area contributed by atoms with Crippen molar-refractivity contribution in [2.45, 2.75) is 25.3 Å². The molecule has 4 heteroatoms. The highest BCUT2D eigenvalue weighted by molar-refractivity contribution is 6.42. The van der Waals surface area contributed by atoms with Gasteiger partial charge in [-0.3, -0.25) is 0 Å². The van der Waals surface area contributed by atoms with E-state index in [-0.39, 0.29) is 6.04 Å². The topological polar surface area (TPSA) is 29.3 Å². The van der Waals surface area contributed by atoms with Gasteiger partial charge in [0.25, 0.3) is 0 Å². The van der Waals surface area contributed by atoms with Crippen molar-refractivity contribution in [2.75, 3.05) is 20.1 Å². The number of nitrogens with two attached hydrogens (primary N) is 1. The first-order chi connectivity index (χ1) is 8.58. The molecule has 1 unspecified atom stereocenters. The number of rotatable bonds is 6. The van der Waals surface area contributed by atoms with E-state index in [0.717, 1.165) is 24.4 Å². The maximum atomic E-state index is 6.19. The lowest BCUT2D eigenvalue weighted by Crippen LogP contribution is -2.25. The van der Waals surface area contributed by atoms with Crippen molar-refractivity contribution in [3.63, 3.8) is 0 Å². The third-order valence-electron chi connectivity index (χ3n) is 3.47. The van der Waals surface area contributed by atoms with Crippen molar-refractivity contribution in [3.8, 4) is 0 Å². The Morgan fingerprint density at radius 2 is 2.11 bits per heavy atom. The summed E-state index contributed by atoms with van der Waals surface area (Å²) < 4.78 is 0. The Balaban J connectivity index is 1.86. The number of hydrogen-bond acceptors (Lipinski definition) is 2. The molecule has 1 saturated carbocycles. The number of nitrogens with zero attached hydrogens (tertiary/aromatic N) is 1. The van der Waals surface area contributed by atoms with E-state index in [0.29, 0.717) is 10.0 Å². The molecule has 0 spiro atoms. The molecule has 0 saturated heterocycles. The number of halogens is 2. The summed E-state index contributed by atoms with van der Waals surface area (Å²) in [5.74, 6) is 0.918. The third-order valence-corrected chi connectivity index (χ3v) is 4.30. The highest BCUT2D eigenvalue weighted by Crippen LogP contribution is 2.31. The van der Waals surface area contributed by atoms with E-state index < -0.39 is 0 Å². The van der Waals surface area contributed by atoms with Gasteiger partial charge in [-0.1, -0.05) is 35.3 Å². The van der Waals surface area contributed by atoms with Crippen molar-refractivity contribution in [2.24, 2.45) is 11.7 Å². The fourth-order valence-electron chi connectivity index (χ4n) is 2.15. The lowest BCUT2D eigenvalue weighted by Gasteiger charge is -2.20. The molecule has 1 atom stereocenters. The first-order valence-electron chi connectivity index (χ1n) is 6.46. The van der Waals surface area contributed by atoms with Crippen LogP contribution in [0.1, 0.15) is 30.9 Å². The monoisotopic (exact) mass is 286 g/mol. The summed E-state index contributed by atoms with van der Waals surface area (Å²) in [6.45, 7) is 2.19. The molecule has 1 aliphatic rings. The maximum absolute atomic E-state index is 6.19. The van der Waals surface area contributed by atoms with Crippen LogP contribution < -0.4 is 5.73 Å². The van der Waals surface area contributed by atoms with Crippen molar-refractivity contribution in [1.82, 2.24) is 4.90 Å². The van der Waals surface area contributed by atoms with E-state index in [4.69, 9.17) is 28.9 Å². The van der Waals surface area contributed by atoms with Gasteiger partial charge in [-0.15, -0.1) is 0 Å². The predicted molar refractivity (Wildman–Crippen MR) is 78.2 cm³/mol. The molecule has 1 aliphatic carbocycles. The normalized spacial score (nSPS) is 17.2. The molecule has 0 heterocycles. The standard InChI is InChI=1S/C14H20Cl2N2/c1-18(9-10-5-6-10)8-7-13(17)11-3-2-4-12(15)14(11)16/h2-4,10,13H,5-9,17H2,1H3. The van der Waals surface area contributed by atoms with Crippen LogP contribution in [-0.4, -0.2) is 25.0 Å². The van der Waals surface area contributed by atoms with Gasteiger partial charge in [0.2, 0.25) is 0 Å². The SMILES string of the molecule is CN(CCC(N)c1cccc(Cl)c1Cl)CC1CC1. The Bertz CT molecular complexity index is 405. The largest absolute Gasteiger partial charge is 0.324 e. The summed E-state index contributed by atoms with van der Waals surface area (Å²) in [6.07, 6.45) is 3.68. The molecule has 1 aromatic rings. The van der Waals surface area contributed by atoms with Gasteiger partial charge < -0.3 is 10.6 Å². The Morgan fingerprint density at radius 3 is 2.78 bits per heavy atom. The second-order valence-electron chi connectivity index (χ2n) is 5.24. The van der Waals surface area contributed by atoms with Crippen LogP contribution in [0.25, 0.3) is 0 Å². The van der Waals surface area contributed by atoms with Gasteiger partial charge in [0.15, 0.2) is 0 Å². The molecular weight excluding hydrogens is 267 g/mol. The van der Waals surface area contributed by atoms with Crippen LogP contribution in [0.15, 0.2) is 18.2 Å². The van der Waals surface area contributed by atoms with Crippen LogP contribution in [0.3, 0.4) is 0 Å². The number of benzene rings is 1. The van der Waals surface area contributed by atoms with Gasteiger partial charge in [0, 0.05) is 12.6 Å². The fraction of sp³-hybridized carbons (Fsp3) is 0.571. The highest BCUT2D eigenvalue weighted by Gasteiger charge is 2.23. The second-order valence-corrected chi connectivity index (χ2v) is 6.03. The van der Waals surface area contributed by atoms with Crippen molar-refractivity contribution in [1.29, 1.82) is 0 Å². The number of hydrogen-bond donors (Lipinski definition) is 1. The maximum Gasteiger partial charge on any atom is 0.0640 e. The first-order valence-corrected chi connectivity index (χ1v) is 7.21. The molecule has 18 heavy (non-hydrogen) atoms. The smallest absolute Gasteiger partial charge is 0.0640 e. The van der Waals surface area contributed by atoms with E-state index in [1.54, 1.807) is 6.07 Å². The first kappa shape index (κ1) is 14.1. The zero-order valence-electron chi connectivity index (χ0n) is 10.7. The minimum atomic E-state index is -0.0437. The van der Waals surface area contributed by atoms with E-state index in [1.807, 2.05) is 12.1 Å². The van der Waals surface area contributed by atoms with E-state index in [9.17, 15) is 0 Å². The van der Waals surface area contributed by atoms with Gasteiger partial charge in [0.05, 0.1) is 10.0 Å². The zero-order chi connectivity index (χ0) is 13.1. The van der Waals surface area contributed by atoms with Crippen molar-refractivity contribution < 1.29 is 0 Å². The summed E-state index contributed by atoms with van der Waals surface area (Å²) in [7, 11) is 2.16. The van der Waals surface area contributed by atoms with Crippen LogP contribution in [0.5, 0.6) is 0 Å². The van der Waals surface area contributed by atoms with Crippen LogP contribution >= 0.6 is 23.2 Å². The quantitative estimate of drug-likeness (QED) is 0.864. The summed E-state index contributed by atoms with van der Waals surface area (Å²) in [6, 6.07) is 5.61. The average molecular weight is 287 g/mol. The van der Waals surface area contributed by atoms with Gasteiger partial charge in [-0.05, 0) is 50.4 Å². The van der Waals surface area contributed by atoms with E-state index >= 15 is 0 Å². The molecule has 0 aromatic heterocycles. The lowest BCUT2D eigenvalue weighted by molar-refractivity contribution is 0.306. The van der Waals surface area contributed by atoms with Gasteiger partial charge >= 0.3 is 0 Å². The highest BCUT2D eigenvalue weighted by atomic mass is 35.5. The summed E-state index contributed by atoms with van der Waals surface area (Å²) in [5, 5.41) is 1.17. The molecule has 0 aliphatic heterocycles. The van der Waals surface area contributed by atoms with Crippen molar-refractivity contribution in [3.05, 3.63) is 33.8 Å². The second kappa shape index (κ2) is 6.25. The van der Waals surface area contributed by atoms with Crippen LogP contribution in [0, 0.1) is 5.92 Å². The fourth-order valence-corrected chi connectivity index (χ4v) is 2.60. The minimum Gasteiger partial charge on any atom is -0.324 e. The van der Waals surface area contributed by atoms with E-state index in [1.165, 1.54) is 19.4 Å². The molecule has 2 nitrogen and oxygen atoms in total. The molecule has 2 N–H and O–H groups in total. The summed E-state index contributed by atoms with van der Waals surface area (Å²) in [4.78, 5) is 2.36. The van der Waals surface area contributed by atoms with Crippen LogP contribution in [0.4, 0.5) is 0 Å². The molecule has 2 rings (SSSR count). The molecule has 0 bridgehead atoms. The Hall–Kier alpha value is -0.280. The van der Waals surface area contributed by atoms with Crippen LogP contribution in [-0.2, 0) is 0 Å². The van der Waals surface area contributed by atoms with Gasteiger partial charge in [0.1, 0.15) is 0 Å². The lowest BCUT2D eigenvalue weighted by atomic mass is 10.0. The van der Waals surface area contributed by atoms with Crippen LogP contribution in [0.2, 0.25) is 10.0 Å². The molecule has 1 aromatic carbocycles. The van der Waals surface area contributed by atoms with Crippen molar-refractivity contribution >= 4 is 23.2 Å². The Morgan fingerprint density at radius 1 is 1.39 bits per heavy atom. The third kappa shape index (κ3) is 3.86. The minimum absolute atomic E-state index is 0.0437. The molecule has 1 fully saturated rings. The van der Waals surface area contributed by atoms with Gasteiger partial charge in [-0.25, -0.2) is 0 Å². The summed E-state index contributed by atoms with van der Waals surface area (Å²) >= 11 is 12.2. The molecule has 100 valence electrons. The predicted octanol–water partition coefficient (Wildman–Crippen LogP) is 3.73. The average Bonchev–Trinajstić information content (AvgIpc) is 3.13. The Labute approximate surface area is 119 Å². The summed E-state index contributed by atoms with van der Waals surface area (Å²) in [5.41, 5.74) is 7.14. The molecular formula is C14H20Cl2N2. The molecule has 0 amide bonds. The van der Waals surface area contributed by atoms with Gasteiger partial charge in [-0.2, -0.15) is 0 Å².